The first-order chi connectivity index (χ1) is 7.85. The molecule has 0 saturated carbocycles. The number of benzene rings is 1. The van der Waals surface area contributed by atoms with Gasteiger partial charge in [0.25, 0.3) is 10.0 Å². The first-order valence-electron chi connectivity index (χ1n) is 4.19. The quantitative estimate of drug-likeness (QED) is 0.490. The van der Waals surface area contributed by atoms with Crippen molar-refractivity contribution in [3.8, 4) is 0 Å². The molecular weight excluding hydrogens is 268 g/mol. The van der Waals surface area contributed by atoms with Crippen molar-refractivity contribution in [1.82, 2.24) is 4.72 Å². The summed E-state index contributed by atoms with van der Waals surface area (Å²) >= 11 is 0. The molecule has 0 aliphatic carbocycles. The molecule has 0 atom stereocenters. The van der Waals surface area contributed by atoms with Crippen molar-refractivity contribution in [3.63, 3.8) is 0 Å². The van der Waals surface area contributed by atoms with Crippen LogP contribution in [0.4, 0.5) is 0 Å². The van der Waals surface area contributed by atoms with E-state index < -0.39 is 29.8 Å². The third kappa shape index (κ3) is 2.74. The highest BCUT2D eigenvalue weighted by Gasteiger charge is 2.24. The van der Waals surface area contributed by atoms with Gasteiger partial charge in [-0.05, 0) is 24.7 Å². The minimum Gasteiger partial charge on any atom is -0.216 e. The van der Waals surface area contributed by atoms with E-state index >= 15 is 0 Å². The maximum Gasteiger partial charge on any atom is 0.265 e. The monoisotopic (exact) mass is 276 g/mol. The standard InChI is InChI=1S/C7H8N4O4S2/c1-9-16(12,13)6-4-2-3-5-7(6)17(14,15)11-10-8/h2-5,9H,1H3. The summed E-state index contributed by atoms with van der Waals surface area (Å²) in [6.07, 6.45) is 0. The molecule has 17 heavy (non-hydrogen) atoms. The van der Waals surface area contributed by atoms with Crippen LogP contribution < -0.4 is 4.72 Å². The van der Waals surface area contributed by atoms with Crippen LogP contribution in [-0.4, -0.2) is 23.9 Å². The van der Waals surface area contributed by atoms with Gasteiger partial charge in [0.15, 0.2) is 0 Å². The van der Waals surface area contributed by atoms with Crippen LogP contribution in [0.5, 0.6) is 0 Å². The molecule has 0 bridgehead atoms. The second kappa shape index (κ2) is 4.72. The van der Waals surface area contributed by atoms with E-state index in [0.717, 1.165) is 19.2 Å². The Labute approximate surface area is 98.0 Å². The molecule has 0 radical (unpaired) electrons. The van der Waals surface area contributed by atoms with E-state index in [1.54, 1.807) is 0 Å². The molecule has 0 amide bonds. The Morgan fingerprint density at radius 2 is 1.71 bits per heavy atom. The van der Waals surface area contributed by atoms with Crippen molar-refractivity contribution < 1.29 is 16.8 Å². The van der Waals surface area contributed by atoms with Crippen molar-refractivity contribution in [2.24, 2.45) is 4.52 Å². The van der Waals surface area contributed by atoms with Gasteiger partial charge in [0.2, 0.25) is 10.0 Å². The Hall–Kier alpha value is -1.61. The number of sulfonamides is 2. The van der Waals surface area contributed by atoms with Crippen molar-refractivity contribution in [3.05, 3.63) is 34.7 Å². The number of nitrogens with zero attached hydrogens (tertiary/aromatic N) is 3. The van der Waals surface area contributed by atoms with Gasteiger partial charge in [0, 0.05) is 9.43 Å². The first-order valence-corrected chi connectivity index (χ1v) is 7.11. The summed E-state index contributed by atoms with van der Waals surface area (Å²) < 4.78 is 50.7. The molecule has 0 saturated heterocycles. The highest BCUT2D eigenvalue weighted by molar-refractivity contribution is 7.92. The Kier molecular flexibility index (Phi) is 3.73. The Morgan fingerprint density at radius 1 is 1.18 bits per heavy atom. The van der Waals surface area contributed by atoms with Gasteiger partial charge in [-0.3, -0.25) is 0 Å². The van der Waals surface area contributed by atoms with E-state index in [1.807, 2.05) is 4.72 Å². The minimum absolute atomic E-state index is 0.463. The average Bonchev–Trinajstić information content (AvgIpc) is 2.29. The zero-order chi connectivity index (χ0) is 13.1. The molecule has 1 aromatic carbocycles. The molecule has 8 nitrogen and oxygen atoms in total. The second-order valence-corrected chi connectivity index (χ2v) is 6.21. The molecular formula is C7H8N4O4S2. The highest BCUT2D eigenvalue weighted by atomic mass is 32.2. The lowest BCUT2D eigenvalue weighted by Crippen LogP contribution is -2.20. The predicted molar refractivity (Wildman–Crippen MR) is 59.0 cm³/mol. The van der Waals surface area contributed by atoms with Gasteiger partial charge < -0.3 is 0 Å². The van der Waals surface area contributed by atoms with E-state index in [9.17, 15) is 16.8 Å². The summed E-state index contributed by atoms with van der Waals surface area (Å²) in [5.41, 5.74) is 8.13. The van der Waals surface area contributed by atoms with E-state index in [2.05, 4.69) is 9.43 Å². The summed E-state index contributed by atoms with van der Waals surface area (Å²) in [6.45, 7) is 0. The van der Waals surface area contributed by atoms with Crippen LogP contribution in [0.1, 0.15) is 0 Å². The maximum atomic E-state index is 11.6. The van der Waals surface area contributed by atoms with Gasteiger partial charge in [-0.25, -0.2) is 21.6 Å². The Balaban J connectivity index is 3.64. The highest BCUT2D eigenvalue weighted by Crippen LogP contribution is 2.22. The lowest BCUT2D eigenvalue weighted by atomic mass is 10.4. The molecule has 92 valence electrons. The lowest BCUT2D eigenvalue weighted by molar-refractivity contribution is 0.578. The SMILES string of the molecule is CNS(=O)(=O)c1ccccc1S(=O)(=O)N=[N+]=[N-]. The average molecular weight is 276 g/mol. The molecule has 0 unspecified atom stereocenters. The van der Waals surface area contributed by atoms with Gasteiger partial charge >= 0.3 is 0 Å². The molecule has 0 heterocycles. The maximum absolute atomic E-state index is 11.6. The molecule has 1 aromatic rings. The molecule has 0 aliphatic heterocycles. The lowest BCUT2D eigenvalue weighted by Gasteiger charge is -2.06. The summed E-state index contributed by atoms with van der Waals surface area (Å²) in [5.74, 6) is 0. The smallest absolute Gasteiger partial charge is 0.216 e. The predicted octanol–water partition coefficient (Wildman–Crippen LogP) is 0.594. The van der Waals surface area contributed by atoms with Crippen LogP contribution in [0.15, 0.2) is 38.6 Å². The zero-order valence-electron chi connectivity index (χ0n) is 8.60. The summed E-state index contributed by atoms with van der Waals surface area (Å²) in [7, 11) is -7.14. The Morgan fingerprint density at radius 3 is 2.18 bits per heavy atom. The van der Waals surface area contributed by atoms with Crippen LogP contribution in [0.25, 0.3) is 10.4 Å². The Bertz CT molecular complexity index is 674. The number of azide groups is 1. The van der Waals surface area contributed by atoms with Gasteiger partial charge in [-0.1, -0.05) is 12.1 Å². The molecule has 0 aromatic heterocycles. The first kappa shape index (κ1) is 13.5. The van der Waals surface area contributed by atoms with Crippen LogP contribution >= 0.6 is 0 Å². The minimum atomic E-state index is -4.35. The van der Waals surface area contributed by atoms with Crippen molar-refractivity contribution >= 4 is 20.0 Å². The van der Waals surface area contributed by atoms with Crippen LogP contribution in [0.2, 0.25) is 0 Å². The van der Waals surface area contributed by atoms with E-state index in [0.29, 0.717) is 0 Å². The number of rotatable bonds is 4. The largest absolute Gasteiger partial charge is 0.265 e. The molecule has 1 rings (SSSR count). The van der Waals surface area contributed by atoms with E-state index in [1.165, 1.54) is 12.1 Å². The molecule has 0 fully saturated rings. The van der Waals surface area contributed by atoms with Gasteiger partial charge in [-0.15, -0.1) is 0 Å². The number of hydrogen-bond acceptors (Lipinski definition) is 4. The zero-order valence-corrected chi connectivity index (χ0v) is 10.2. The van der Waals surface area contributed by atoms with Crippen molar-refractivity contribution in [2.75, 3.05) is 7.05 Å². The fourth-order valence-electron chi connectivity index (χ4n) is 1.09. The second-order valence-electron chi connectivity index (χ2n) is 2.80. The van der Waals surface area contributed by atoms with Crippen molar-refractivity contribution in [2.45, 2.75) is 9.79 Å². The van der Waals surface area contributed by atoms with Crippen LogP contribution in [0.3, 0.4) is 0 Å². The molecule has 0 spiro atoms. The third-order valence-electron chi connectivity index (χ3n) is 1.83. The van der Waals surface area contributed by atoms with Gasteiger partial charge in [0.05, 0.1) is 4.90 Å². The fourth-order valence-corrected chi connectivity index (χ4v) is 3.30. The summed E-state index contributed by atoms with van der Waals surface area (Å²) in [6, 6.07) is 4.84. The topological polar surface area (TPSA) is 129 Å². The summed E-state index contributed by atoms with van der Waals surface area (Å²) in [4.78, 5) is 1.13. The van der Waals surface area contributed by atoms with Gasteiger partial charge in [-0.2, -0.15) is 0 Å². The van der Waals surface area contributed by atoms with Crippen LogP contribution in [-0.2, 0) is 20.0 Å². The summed E-state index contributed by atoms with van der Waals surface area (Å²) in [5, 5.41) is 0. The van der Waals surface area contributed by atoms with E-state index in [-0.39, 0.29) is 0 Å². The van der Waals surface area contributed by atoms with E-state index in [4.69, 9.17) is 5.53 Å². The molecule has 1 N–H and O–H groups in total. The molecule has 10 heteroatoms. The fraction of sp³-hybridized carbons (Fsp3) is 0.143. The molecule has 0 aliphatic rings. The normalized spacial score (nSPS) is 11.8. The van der Waals surface area contributed by atoms with Crippen molar-refractivity contribution in [1.29, 1.82) is 0 Å². The van der Waals surface area contributed by atoms with Crippen LogP contribution in [0, 0.1) is 0 Å². The number of nitrogens with one attached hydrogen (secondary N) is 1. The third-order valence-corrected chi connectivity index (χ3v) is 4.63. The number of hydrogen-bond donors (Lipinski definition) is 1. The van der Waals surface area contributed by atoms with Gasteiger partial charge in [0.1, 0.15) is 4.90 Å².